The third kappa shape index (κ3) is 2.98. The van der Waals surface area contributed by atoms with Crippen molar-refractivity contribution in [3.05, 3.63) is 58.7 Å². The molecule has 0 unspecified atom stereocenters. The van der Waals surface area contributed by atoms with Crippen molar-refractivity contribution in [2.24, 2.45) is 0 Å². The summed E-state index contributed by atoms with van der Waals surface area (Å²) in [5.41, 5.74) is 4.33. The van der Waals surface area contributed by atoms with Crippen LogP contribution >= 0.6 is 11.8 Å². The van der Waals surface area contributed by atoms with Crippen molar-refractivity contribution >= 4 is 11.8 Å². The van der Waals surface area contributed by atoms with E-state index in [1.807, 2.05) is 12.2 Å². The van der Waals surface area contributed by atoms with Crippen LogP contribution in [0.25, 0.3) is 0 Å². The molecule has 0 heterocycles. The molecule has 1 aliphatic rings. The van der Waals surface area contributed by atoms with Crippen molar-refractivity contribution in [1.29, 1.82) is 0 Å². The summed E-state index contributed by atoms with van der Waals surface area (Å²) in [7, 11) is 0. The Morgan fingerprint density at radius 2 is 1.93 bits per heavy atom. The first-order valence-corrected chi connectivity index (χ1v) is 4.96. The fourth-order valence-corrected chi connectivity index (χ4v) is 1.84. The third-order valence-corrected chi connectivity index (χ3v) is 2.73. The van der Waals surface area contributed by atoms with E-state index in [4.69, 9.17) is 0 Å². The minimum Gasteiger partial charge on any atom is -0.256 e. The summed E-state index contributed by atoms with van der Waals surface area (Å²) in [6.07, 6.45) is 6.82. The van der Waals surface area contributed by atoms with E-state index in [0.29, 0.717) is 0 Å². The number of hydrogen-bond acceptors (Lipinski definition) is 1. The van der Waals surface area contributed by atoms with Crippen LogP contribution in [0.2, 0.25) is 0 Å². The first kappa shape index (κ1) is 11.5. The summed E-state index contributed by atoms with van der Waals surface area (Å²) in [6, 6.07) is 8.49. The Hall–Kier alpha value is -0.573. The molecule has 0 amide bonds. The molecule has 64 valence electrons. The van der Waals surface area contributed by atoms with Crippen molar-refractivity contribution < 1.29 is 18.9 Å². The van der Waals surface area contributed by atoms with Crippen LogP contribution in [0.4, 0.5) is 0 Å². The zero-order chi connectivity index (χ0) is 9.10. The molecule has 0 aromatic heterocycles. The number of aryl methyl sites for hydroxylation is 1. The maximum atomic E-state index is 3.04. The van der Waals surface area contributed by atoms with E-state index < -0.39 is 0 Å². The van der Waals surface area contributed by atoms with E-state index in [9.17, 15) is 0 Å². The summed E-state index contributed by atoms with van der Waals surface area (Å²) < 4.78 is 0. The Kier molecular flexibility index (Phi) is 4.39. The molecule has 2 rings (SSSR count). The predicted octanol–water partition coefficient (Wildman–Crippen LogP) is 0.503. The average Bonchev–Trinajstić information content (AvgIpc) is 2.62. The molecule has 14 heavy (non-hydrogen) atoms. The van der Waals surface area contributed by atoms with Crippen LogP contribution in [0.15, 0.2) is 51.9 Å². The molecule has 0 aliphatic heterocycles. The van der Waals surface area contributed by atoms with E-state index in [1.165, 1.54) is 10.5 Å². The van der Waals surface area contributed by atoms with Crippen molar-refractivity contribution in [3.63, 3.8) is 0 Å². The van der Waals surface area contributed by atoms with Gasteiger partial charge in [-0.2, -0.15) is 23.9 Å². The molecule has 1 aliphatic carbocycles. The largest absolute Gasteiger partial charge is 1.00 e. The van der Waals surface area contributed by atoms with Gasteiger partial charge in [-0.25, -0.2) is 0 Å². The molecule has 1 aromatic carbocycles. The van der Waals surface area contributed by atoms with Gasteiger partial charge >= 0.3 is 18.9 Å². The topological polar surface area (TPSA) is 0 Å². The molecule has 0 atom stereocenters. The zero-order valence-electron chi connectivity index (χ0n) is 8.37. The maximum absolute atomic E-state index is 3.04. The standard InChI is InChI=1S/C12H9S.Li/c1-10-6-8-12(9-7-10)13-11-4-2-3-5-11;/h2,4,6-9H,1H3;/q-1;+1. The molecule has 2 heteroatoms. The van der Waals surface area contributed by atoms with Gasteiger partial charge in [-0.05, 0) is 24.0 Å². The summed E-state index contributed by atoms with van der Waals surface area (Å²) in [5, 5.41) is 0. The van der Waals surface area contributed by atoms with E-state index >= 15 is 0 Å². The second-order valence-electron chi connectivity index (χ2n) is 2.88. The van der Waals surface area contributed by atoms with Gasteiger partial charge in [0.2, 0.25) is 0 Å². The van der Waals surface area contributed by atoms with Gasteiger partial charge in [-0.1, -0.05) is 22.6 Å². The van der Waals surface area contributed by atoms with Gasteiger partial charge in [-0.15, -0.1) is 6.08 Å². The van der Waals surface area contributed by atoms with Crippen LogP contribution in [0, 0.1) is 13.0 Å². The molecule has 0 bridgehead atoms. The third-order valence-electron chi connectivity index (χ3n) is 1.76. The molecular weight excluding hydrogens is 183 g/mol. The Morgan fingerprint density at radius 1 is 1.21 bits per heavy atom. The second kappa shape index (κ2) is 5.34. The van der Waals surface area contributed by atoms with Crippen molar-refractivity contribution in [2.75, 3.05) is 0 Å². The van der Waals surface area contributed by atoms with Gasteiger partial charge in [0, 0.05) is 0 Å². The summed E-state index contributed by atoms with van der Waals surface area (Å²) >= 11 is 1.72. The minimum absolute atomic E-state index is 0. The maximum Gasteiger partial charge on any atom is 1.00 e. The molecular formula is C12H9LiS. The van der Waals surface area contributed by atoms with Crippen LogP contribution < -0.4 is 18.9 Å². The van der Waals surface area contributed by atoms with Gasteiger partial charge in [0.1, 0.15) is 0 Å². The van der Waals surface area contributed by atoms with Crippen LogP contribution in [-0.2, 0) is 0 Å². The second-order valence-corrected chi connectivity index (χ2v) is 4.00. The number of hydrogen-bond donors (Lipinski definition) is 0. The van der Waals surface area contributed by atoms with E-state index in [0.717, 1.165) is 4.91 Å². The number of benzene rings is 1. The number of rotatable bonds is 2. The Morgan fingerprint density at radius 3 is 2.50 bits per heavy atom. The Balaban J connectivity index is 0.000000980. The molecule has 0 nitrogen and oxygen atoms in total. The quantitative estimate of drug-likeness (QED) is 0.373. The fraction of sp³-hybridized carbons (Fsp3) is 0.0833. The van der Waals surface area contributed by atoms with E-state index in [-0.39, 0.29) is 18.9 Å². The molecule has 0 radical (unpaired) electrons. The van der Waals surface area contributed by atoms with Crippen LogP contribution in [0.3, 0.4) is 0 Å². The molecule has 0 spiro atoms. The Bertz CT molecular complexity index is 395. The zero-order valence-corrected chi connectivity index (χ0v) is 9.19. The first-order valence-electron chi connectivity index (χ1n) is 4.14. The minimum atomic E-state index is 0. The SMILES string of the molecule is Cc1ccc(SC2=C=[C-]C=C2)cc1.[Li+]. The van der Waals surface area contributed by atoms with Gasteiger partial charge in [-0.3, -0.25) is 5.73 Å². The van der Waals surface area contributed by atoms with E-state index in [1.54, 1.807) is 11.8 Å². The van der Waals surface area contributed by atoms with Gasteiger partial charge in [0.05, 0.1) is 0 Å². The van der Waals surface area contributed by atoms with Crippen molar-refractivity contribution in [2.45, 2.75) is 11.8 Å². The number of thioether (sulfide) groups is 1. The molecule has 0 N–H and O–H groups in total. The van der Waals surface area contributed by atoms with Crippen molar-refractivity contribution in [1.82, 2.24) is 0 Å². The monoisotopic (exact) mass is 192 g/mol. The van der Waals surface area contributed by atoms with Gasteiger partial charge < -0.3 is 0 Å². The summed E-state index contributed by atoms with van der Waals surface area (Å²) in [5.74, 6) is 0. The average molecular weight is 192 g/mol. The normalized spacial score (nSPS) is 12.5. The molecule has 0 saturated heterocycles. The summed E-state index contributed by atoms with van der Waals surface area (Å²) in [4.78, 5) is 2.38. The summed E-state index contributed by atoms with van der Waals surface area (Å²) in [6.45, 7) is 2.09. The Labute approximate surface area is 101 Å². The molecule has 0 fully saturated rings. The van der Waals surface area contributed by atoms with Crippen LogP contribution in [0.5, 0.6) is 0 Å². The number of allylic oxidation sites excluding steroid dienone is 2. The molecule has 1 aromatic rings. The smallest absolute Gasteiger partial charge is 0.256 e. The molecule has 0 saturated carbocycles. The van der Waals surface area contributed by atoms with E-state index in [2.05, 4.69) is 43.0 Å². The van der Waals surface area contributed by atoms with Crippen LogP contribution in [0.1, 0.15) is 5.56 Å². The van der Waals surface area contributed by atoms with Crippen LogP contribution in [-0.4, -0.2) is 0 Å². The van der Waals surface area contributed by atoms with Gasteiger partial charge in [0.25, 0.3) is 0 Å². The fourth-order valence-electron chi connectivity index (χ4n) is 1.06. The predicted molar refractivity (Wildman–Crippen MR) is 56.4 cm³/mol. The first-order chi connectivity index (χ1) is 6.34. The van der Waals surface area contributed by atoms with Crippen molar-refractivity contribution in [3.8, 4) is 0 Å². The van der Waals surface area contributed by atoms with Gasteiger partial charge in [0.15, 0.2) is 0 Å².